The van der Waals surface area contributed by atoms with Crippen molar-refractivity contribution < 1.29 is 0 Å². The van der Waals surface area contributed by atoms with Crippen LogP contribution in [0.15, 0.2) is 48.8 Å². The molecule has 1 heterocycles. The maximum absolute atomic E-state index is 4.62. The highest BCUT2D eigenvalue weighted by Gasteiger charge is 2.12. The second-order valence-corrected chi connectivity index (χ2v) is 7.31. The zero-order chi connectivity index (χ0) is 19.2. The summed E-state index contributed by atoms with van der Waals surface area (Å²) < 4.78 is 0. The van der Waals surface area contributed by atoms with E-state index >= 15 is 0 Å². The fraction of sp³-hybridized carbons (Fsp3) is 0.391. The SMILES string of the molecule is CCCC(CCC)Nc1cc(-c2cccc(N(C)C)c2)c2nccnc2c1. The topological polar surface area (TPSA) is 41.0 Å². The van der Waals surface area contributed by atoms with Crippen LogP contribution in [-0.2, 0) is 0 Å². The van der Waals surface area contributed by atoms with Crippen LogP contribution >= 0.6 is 0 Å². The highest BCUT2D eigenvalue weighted by Crippen LogP contribution is 2.32. The van der Waals surface area contributed by atoms with Crippen LogP contribution in [-0.4, -0.2) is 30.1 Å². The summed E-state index contributed by atoms with van der Waals surface area (Å²) in [6, 6.07) is 13.4. The molecular formula is C23H30N4. The number of anilines is 2. The fourth-order valence-electron chi connectivity index (χ4n) is 3.55. The summed E-state index contributed by atoms with van der Waals surface area (Å²) >= 11 is 0. The van der Waals surface area contributed by atoms with Crippen molar-refractivity contribution in [1.29, 1.82) is 0 Å². The highest BCUT2D eigenvalue weighted by molar-refractivity contribution is 5.95. The molecule has 0 unspecified atom stereocenters. The van der Waals surface area contributed by atoms with E-state index < -0.39 is 0 Å². The number of benzene rings is 2. The number of nitrogens with zero attached hydrogens (tertiary/aromatic N) is 3. The monoisotopic (exact) mass is 362 g/mol. The number of aromatic nitrogens is 2. The second-order valence-electron chi connectivity index (χ2n) is 7.31. The Kier molecular flexibility index (Phi) is 6.28. The molecule has 4 nitrogen and oxygen atoms in total. The van der Waals surface area contributed by atoms with Gasteiger partial charge >= 0.3 is 0 Å². The molecule has 0 saturated heterocycles. The molecule has 142 valence electrons. The minimum Gasteiger partial charge on any atom is -0.382 e. The lowest BCUT2D eigenvalue weighted by Gasteiger charge is -2.20. The van der Waals surface area contributed by atoms with Gasteiger partial charge in [-0.15, -0.1) is 0 Å². The minimum absolute atomic E-state index is 0.495. The molecule has 0 fully saturated rings. The fourth-order valence-corrected chi connectivity index (χ4v) is 3.55. The molecule has 0 radical (unpaired) electrons. The average Bonchev–Trinajstić information content (AvgIpc) is 2.68. The van der Waals surface area contributed by atoms with Gasteiger partial charge in [-0.25, -0.2) is 0 Å². The van der Waals surface area contributed by atoms with Gasteiger partial charge in [0.05, 0.1) is 11.0 Å². The van der Waals surface area contributed by atoms with Crippen LogP contribution in [0.4, 0.5) is 11.4 Å². The molecular weight excluding hydrogens is 332 g/mol. The first-order chi connectivity index (χ1) is 13.1. The van der Waals surface area contributed by atoms with Crippen LogP contribution in [0.5, 0.6) is 0 Å². The van der Waals surface area contributed by atoms with Crippen molar-refractivity contribution in [3.8, 4) is 11.1 Å². The molecule has 0 amide bonds. The van der Waals surface area contributed by atoms with Gasteiger partial charge in [-0.05, 0) is 42.7 Å². The summed E-state index contributed by atoms with van der Waals surface area (Å²) in [5.74, 6) is 0. The Morgan fingerprint density at radius 1 is 0.963 bits per heavy atom. The molecule has 1 aromatic heterocycles. The van der Waals surface area contributed by atoms with Gasteiger partial charge in [0.25, 0.3) is 0 Å². The lowest BCUT2D eigenvalue weighted by Crippen LogP contribution is -2.19. The molecule has 0 aliphatic carbocycles. The number of hydrogen-bond donors (Lipinski definition) is 1. The van der Waals surface area contributed by atoms with Gasteiger partial charge in [0.1, 0.15) is 0 Å². The van der Waals surface area contributed by atoms with Crippen molar-refractivity contribution >= 4 is 22.4 Å². The van der Waals surface area contributed by atoms with E-state index in [0.29, 0.717) is 6.04 Å². The number of hydrogen-bond acceptors (Lipinski definition) is 4. The third kappa shape index (κ3) is 4.57. The Bertz CT molecular complexity index is 882. The molecule has 3 rings (SSSR count). The van der Waals surface area contributed by atoms with Crippen LogP contribution in [0, 0.1) is 0 Å². The van der Waals surface area contributed by atoms with Gasteiger partial charge in [0.15, 0.2) is 0 Å². The molecule has 4 heteroatoms. The van der Waals surface area contributed by atoms with Crippen molar-refractivity contribution in [2.45, 2.75) is 45.6 Å². The zero-order valence-electron chi connectivity index (χ0n) is 16.9. The van der Waals surface area contributed by atoms with Crippen LogP contribution < -0.4 is 10.2 Å². The van der Waals surface area contributed by atoms with E-state index in [1.54, 1.807) is 12.4 Å². The number of nitrogens with one attached hydrogen (secondary N) is 1. The lowest BCUT2D eigenvalue weighted by atomic mass is 10.0. The van der Waals surface area contributed by atoms with Gasteiger partial charge in [0, 0.05) is 49.5 Å². The van der Waals surface area contributed by atoms with Gasteiger partial charge in [-0.2, -0.15) is 0 Å². The maximum atomic E-state index is 4.62. The first-order valence-electron chi connectivity index (χ1n) is 9.91. The van der Waals surface area contributed by atoms with Gasteiger partial charge in [0.2, 0.25) is 0 Å². The molecule has 0 saturated carbocycles. The Labute approximate surface area is 162 Å². The molecule has 27 heavy (non-hydrogen) atoms. The summed E-state index contributed by atoms with van der Waals surface area (Å²) in [5.41, 5.74) is 6.47. The van der Waals surface area contributed by atoms with E-state index in [9.17, 15) is 0 Å². The van der Waals surface area contributed by atoms with Gasteiger partial charge < -0.3 is 10.2 Å². The molecule has 0 aliphatic heterocycles. The summed E-state index contributed by atoms with van der Waals surface area (Å²) in [6.07, 6.45) is 8.26. The van der Waals surface area contributed by atoms with Crippen molar-refractivity contribution in [2.24, 2.45) is 0 Å². The Morgan fingerprint density at radius 2 is 1.70 bits per heavy atom. The van der Waals surface area contributed by atoms with E-state index in [4.69, 9.17) is 0 Å². The van der Waals surface area contributed by atoms with Crippen LogP contribution in [0.3, 0.4) is 0 Å². The number of rotatable bonds is 8. The van der Waals surface area contributed by atoms with Crippen LogP contribution in [0.2, 0.25) is 0 Å². The third-order valence-electron chi connectivity index (χ3n) is 4.89. The number of fused-ring (bicyclic) bond motifs is 1. The standard InChI is InChI=1S/C23H30N4/c1-5-8-18(9-6-2)26-19-15-21(23-22(16-19)24-12-13-25-23)17-10-7-11-20(14-17)27(3)4/h7,10-16,18,26H,5-6,8-9H2,1-4H3. The van der Waals surface area contributed by atoms with E-state index in [1.165, 1.54) is 31.4 Å². The molecule has 0 spiro atoms. The van der Waals surface area contributed by atoms with E-state index in [-0.39, 0.29) is 0 Å². The molecule has 3 aromatic rings. The predicted molar refractivity (Wildman–Crippen MR) is 117 cm³/mol. The average molecular weight is 363 g/mol. The van der Waals surface area contributed by atoms with Crippen molar-refractivity contribution in [1.82, 2.24) is 9.97 Å². The predicted octanol–water partition coefficient (Wildman–Crippen LogP) is 5.74. The van der Waals surface area contributed by atoms with Crippen molar-refractivity contribution in [3.05, 3.63) is 48.8 Å². The molecule has 0 atom stereocenters. The third-order valence-corrected chi connectivity index (χ3v) is 4.89. The van der Waals surface area contributed by atoms with E-state index in [2.05, 4.69) is 84.5 Å². The quantitative estimate of drug-likeness (QED) is 0.554. The maximum Gasteiger partial charge on any atom is 0.0966 e. The van der Waals surface area contributed by atoms with Gasteiger partial charge in [-0.1, -0.05) is 38.8 Å². The summed E-state index contributed by atoms with van der Waals surface area (Å²) in [5, 5.41) is 3.74. The van der Waals surface area contributed by atoms with Crippen molar-refractivity contribution in [2.75, 3.05) is 24.3 Å². The first kappa shape index (κ1) is 19.2. The van der Waals surface area contributed by atoms with E-state index in [1.807, 2.05) is 0 Å². The van der Waals surface area contributed by atoms with Gasteiger partial charge in [-0.3, -0.25) is 9.97 Å². The molecule has 0 aliphatic rings. The highest BCUT2D eigenvalue weighted by atomic mass is 15.1. The van der Waals surface area contributed by atoms with E-state index in [0.717, 1.165) is 27.8 Å². The summed E-state index contributed by atoms with van der Waals surface area (Å²) in [4.78, 5) is 11.3. The Hall–Kier alpha value is -2.62. The largest absolute Gasteiger partial charge is 0.382 e. The summed E-state index contributed by atoms with van der Waals surface area (Å²) in [7, 11) is 4.13. The van der Waals surface area contributed by atoms with Crippen LogP contribution in [0.25, 0.3) is 22.2 Å². The zero-order valence-corrected chi connectivity index (χ0v) is 16.9. The Morgan fingerprint density at radius 3 is 2.41 bits per heavy atom. The normalized spacial score (nSPS) is 11.1. The smallest absolute Gasteiger partial charge is 0.0966 e. The summed E-state index contributed by atoms with van der Waals surface area (Å²) in [6.45, 7) is 4.49. The van der Waals surface area contributed by atoms with Crippen LogP contribution in [0.1, 0.15) is 39.5 Å². The Balaban J connectivity index is 2.07. The van der Waals surface area contributed by atoms with Crippen molar-refractivity contribution in [3.63, 3.8) is 0 Å². The minimum atomic E-state index is 0.495. The second kappa shape index (κ2) is 8.85. The molecule has 1 N–H and O–H groups in total. The first-order valence-corrected chi connectivity index (χ1v) is 9.91. The lowest BCUT2D eigenvalue weighted by molar-refractivity contribution is 0.586. The molecule has 2 aromatic carbocycles. The molecule has 0 bridgehead atoms.